The van der Waals surface area contributed by atoms with E-state index in [4.69, 9.17) is 14.2 Å². The average molecular weight is 243 g/mol. The van der Waals surface area contributed by atoms with Crippen LogP contribution in [0.5, 0.6) is 0 Å². The molecule has 0 amide bonds. The summed E-state index contributed by atoms with van der Waals surface area (Å²) in [7, 11) is 1.72. The van der Waals surface area contributed by atoms with Crippen LogP contribution in [-0.2, 0) is 14.2 Å². The first-order valence-corrected chi connectivity index (χ1v) is 6.72. The topological polar surface area (TPSA) is 39.7 Å². The average Bonchev–Trinajstić information content (AvgIpc) is 2.30. The fourth-order valence-electron chi connectivity index (χ4n) is 2.78. The summed E-state index contributed by atoms with van der Waals surface area (Å²) in [6.45, 7) is 5.58. The predicted octanol–water partition coefficient (Wildman–Crippen LogP) is 1.69. The van der Waals surface area contributed by atoms with Crippen molar-refractivity contribution in [3.05, 3.63) is 0 Å². The SMILES string of the molecule is COCC1(OC2(C)CCNCC2)CCCCO1. The second-order valence-corrected chi connectivity index (χ2v) is 5.45. The van der Waals surface area contributed by atoms with E-state index >= 15 is 0 Å². The molecule has 2 fully saturated rings. The Hall–Kier alpha value is -0.160. The Morgan fingerprint density at radius 2 is 1.94 bits per heavy atom. The van der Waals surface area contributed by atoms with Crippen LogP contribution in [0.3, 0.4) is 0 Å². The highest BCUT2D eigenvalue weighted by molar-refractivity contribution is 4.86. The third-order valence-corrected chi connectivity index (χ3v) is 3.78. The van der Waals surface area contributed by atoms with Gasteiger partial charge in [0.1, 0.15) is 6.61 Å². The molecule has 0 bridgehead atoms. The molecule has 1 unspecified atom stereocenters. The molecule has 2 heterocycles. The Bertz CT molecular complexity index is 227. The molecule has 0 saturated carbocycles. The molecule has 2 aliphatic rings. The molecule has 4 heteroatoms. The van der Waals surface area contributed by atoms with Gasteiger partial charge in [-0.2, -0.15) is 0 Å². The minimum atomic E-state index is -0.501. The summed E-state index contributed by atoms with van der Waals surface area (Å²) in [6.07, 6.45) is 5.33. The van der Waals surface area contributed by atoms with Crippen molar-refractivity contribution in [1.82, 2.24) is 5.32 Å². The molecule has 0 radical (unpaired) electrons. The van der Waals surface area contributed by atoms with Crippen LogP contribution in [0.15, 0.2) is 0 Å². The van der Waals surface area contributed by atoms with Gasteiger partial charge in [-0.1, -0.05) is 0 Å². The van der Waals surface area contributed by atoms with E-state index in [1.807, 2.05) is 0 Å². The molecule has 4 nitrogen and oxygen atoms in total. The minimum Gasteiger partial charge on any atom is -0.379 e. The highest BCUT2D eigenvalue weighted by Crippen LogP contribution is 2.35. The molecule has 0 aromatic carbocycles. The summed E-state index contributed by atoms with van der Waals surface area (Å²) in [5.74, 6) is -0.501. The Balaban J connectivity index is 2.00. The van der Waals surface area contributed by atoms with Crippen molar-refractivity contribution in [1.29, 1.82) is 0 Å². The molecule has 1 atom stereocenters. The molecule has 0 aromatic heterocycles. The Morgan fingerprint density at radius 1 is 1.18 bits per heavy atom. The molecule has 17 heavy (non-hydrogen) atoms. The molecule has 2 saturated heterocycles. The summed E-state index contributed by atoms with van der Waals surface area (Å²) in [5.41, 5.74) is -0.0683. The number of methoxy groups -OCH3 is 1. The maximum atomic E-state index is 6.36. The first-order valence-electron chi connectivity index (χ1n) is 6.72. The Kier molecular flexibility index (Phi) is 4.42. The highest BCUT2D eigenvalue weighted by atomic mass is 16.7. The van der Waals surface area contributed by atoms with E-state index in [9.17, 15) is 0 Å². The van der Waals surface area contributed by atoms with E-state index in [1.54, 1.807) is 7.11 Å². The van der Waals surface area contributed by atoms with Gasteiger partial charge in [0, 0.05) is 13.5 Å². The molecule has 0 aromatic rings. The van der Waals surface area contributed by atoms with Gasteiger partial charge >= 0.3 is 0 Å². The smallest absolute Gasteiger partial charge is 0.192 e. The van der Waals surface area contributed by atoms with Gasteiger partial charge in [-0.25, -0.2) is 0 Å². The second kappa shape index (κ2) is 5.65. The summed E-state index contributed by atoms with van der Waals surface area (Å²) in [4.78, 5) is 0. The lowest BCUT2D eigenvalue weighted by Crippen LogP contribution is -2.53. The van der Waals surface area contributed by atoms with Crippen molar-refractivity contribution in [2.45, 2.75) is 50.4 Å². The lowest BCUT2D eigenvalue weighted by Gasteiger charge is -2.45. The van der Waals surface area contributed by atoms with Gasteiger partial charge in [0.05, 0.1) is 12.2 Å². The third-order valence-electron chi connectivity index (χ3n) is 3.78. The van der Waals surface area contributed by atoms with E-state index < -0.39 is 5.79 Å². The van der Waals surface area contributed by atoms with Gasteiger partial charge in [0.2, 0.25) is 0 Å². The largest absolute Gasteiger partial charge is 0.379 e. The normalized spacial score (nSPS) is 33.5. The number of ether oxygens (including phenoxy) is 3. The van der Waals surface area contributed by atoms with E-state index in [2.05, 4.69) is 12.2 Å². The zero-order valence-electron chi connectivity index (χ0n) is 11.1. The van der Waals surface area contributed by atoms with E-state index in [-0.39, 0.29) is 5.60 Å². The minimum absolute atomic E-state index is 0.0683. The molecular formula is C13H25NO3. The van der Waals surface area contributed by atoms with Crippen molar-refractivity contribution in [3.63, 3.8) is 0 Å². The maximum absolute atomic E-state index is 6.36. The zero-order chi connectivity index (χ0) is 12.2. The van der Waals surface area contributed by atoms with Crippen molar-refractivity contribution in [3.8, 4) is 0 Å². The van der Waals surface area contributed by atoms with Gasteiger partial charge in [-0.3, -0.25) is 0 Å². The van der Waals surface area contributed by atoms with Gasteiger partial charge < -0.3 is 19.5 Å². The van der Waals surface area contributed by atoms with Crippen LogP contribution in [0.25, 0.3) is 0 Å². The summed E-state index contributed by atoms with van der Waals surface area (Å²) in [6, 6.07) is 0. The standard InChI is InChI=1S/C13H25NO3/c1-12(6-8-14-9-7-12)17-13(11-15-2)5-3-4-10-16-13/h14H,3-11H2,1-2H3. The monoisotopic (exact) mass is 243 g/mol. The highest BCUT2D eigenvalue weighted by Gasteiger charge is 2.42. The van der Waals surface area contributed by atoms with Crippen molar-refractivity contribution >= 4 is 0 Å². The van der Waals surface area contributed by atoms with E-state index in [0.29, 0.717) is 6.61 Å². The summed E-state index contributed by atoms with van der Waals surface area (Å²) >= 11 is 0. The molecule has 1 N–H and O–H groups in total. The Labute approximate surface area is 104 Å². The molecular weight excluding hydrogens is 218 g/mol. The van der Waals surface area contributed by atoms with Gasteiger partial charge in [-0.15, -0.1) is 0 Å². The third kappa shape index (κ3) is 3.41. The fourth-order valence-corrected chi connectivity index (χ4v) is 2.78. The number of hydrogen-bond acceptors (Lipinski definition) is 4. The lowest BCUT2D eigenvalue weighted by molar-refractivity contribution is -0.318. The van der Waals surface area contributed by atoms with Crippen LogP contribution < -0.4 is 5.32 Å². The second-order valence-electron chi connectivity index (χ2n) is 5.45. The van der Waals surface area contributed by atoms with Crippen molar-refractivity contribution in [2.24, 2.45) is 0 Å². The van der Waals surface area contributed by atoms with Crippen LogP contribution >= 0.6 is 0 Å². The lowest BCUT2D eigenvalue weighted by atomic mass is 9.93. The fraction of sp³-hybridized carbons (Fsp3) is 1.00. The van der Waals surface area contributed by atoms with Crippen LogP contribution in [0.2, 0.25) is 0 Å². The van der Waals surface area contributed by atoms with Crippen LogP contribution in [0, 0.1) is 0 Å². The Morgan fingerprint density at radius 3 is 2.53 bits per heavy atom. The number of rotatable bonds is 4. The number of piperidine rings is 1. The number of nitrogens with one attached hydrogen (secondary N) is 1. The van der Waals surface area contributed by atoms with Crippen LogP contribution in [0.4, 0.5) is 0 Å². The number of hydrogen-bond donors (Lipinski definition) is 1. The molecule has 0 spiro atoms. The maximum Gasteiger partial charge on any atom is 0.192 e. The van der Waals surface area contributed by atoms with Crippen molar-refractivity contribution < 1.29 is 14.2 Å². The summed E-state index contributed by atoms with van der Waals surface area (Å²) in [5, 5.41) is 3.37. The summed E-state index contributed by atoms with van der Waals surface area (Å²) < 4.78 is 17.6. The van der Waals surface area contributed by atoms with Gasteiger partial charge in [0.25, 0.3) is 0 Å². The molecule has 2 rings (SSSR count). The zero-order valence-corrected chi connectivity index (χ0v) is 11.1. The first kappa shape index (κ1) is 13.3. The predicted molar refractivity (Wildman–Crippen MR) is 66.0 cm³/mol. The van der Waals surface area contributed by atoms with Crippen LogP contribution in [-0.4, -0.2) is 44.8 Å². The van der Waals surface area contributed by atoms with Gasteiger partial charge in [0.15, 0.2) is 5.79 Å². The van der Waals surface area contributed by atoms with E-state index in [1.165, 1.54) is 0 Å². The molecule has 0 aliphatic carbocycles. The molecule has 2 aliphatic heterocycles. The van der Waals surface area contributed by atoms with Crippen molar-refractivity contribution in [2.75, 3.05) is 33.4 Å². The van der Waals surface area contributed by atoms with E-state index in [0.717, 1.165) is 51.8 Å². The molecule has 100 valence electrons. The van der Waals surface area contributed by atoms with Crippen LogP contribution in [0.1, 0.15) is 39.0 Å². The van der Waals surface area contributed by atoms with Gasteiger partial charge in [-0.05, 0) is 45.7 Å². The quantitative estimate of drug-likeness (QED) is 0.815. The first-order chi connectivity index (χ1) is 8.18.